The number of carbonyl (C=O) groups is 2. The third kappa shape index (κ3) is 8.30. The summed E-state index contributed by atoms with van der Waals surface area (Å²) in [6.07, 6.45) is 2.35. The molecule has 2 N–H and O–H groups in total. The van der Waals surface area contributed by atoms with Crippen LogP contribution in [0, 0.1) is 5.41 Å². The molecule has 0 radical (unpaired) electrons. The number of carboxylic acid groups (broad SMARTS) is 1. The number of aliphatic carboxylic acids is 1. The molecule has 0 atom stereocenters. The molecule has 0 aliphatic carbocycles. The number of amides is 2. The Labute approximate surface area is 102 Å². The van der Waals surface area contributed by atoms with Crippen LogP contribution in [0.4, 0.5) is 4.79 Å². The second-order valence-electron chi connectivity index (χ2n) is 5.11. The van der Waals surface area contributed by atoms with Crippen molar-refractivity contribution in [1.82, 2.24) is 10.2 Å². The molecule has 0 aromatic heterocycles. The van der Waals surface area contributed by atoms with Crippen molar-refractivity contribution in [2.24, 2.45) is 5.41 Å². The van der Waals surface area contributed by atoms with Crippen LogP contribution in [0.5, 0.6) is 0 Å². The minimum Gasteiger partial charge on any atom is -0.480 e. The lowest BCUT2D eigenvalue weighted by Crippen LogP contribution is -2.43. The van der Waals surface area contributed by atoms with Crippen molar-refractivity contribution >= 4 is 12.0 Å². The zero-order valence-electron chi connectivity index (χ0n) is 10.8. The van der Waals surface area contributed by atoms with Crippen LogP contribution in [0.2, 0.25) is 0 Å². The first-order chi connectivity index (χ1) is 7.76. The summed E-state index contributed by atoms with van der Waals surface area (Å²) in [6.45, 7) is 10.2. The number of rotatable bonds is 6. The van der Waals surface area contributed by atoms with E-state index in [1.165, 1.54) is 11.0 Å². The molecule has 0 fully saturated rings. The van der Waals surface area contributed by atoms with Crippen LogP contribution >= 0.6 is 0 Å². The number of carbonyl (C=O) groups excluding carboxylic acids is 1. The number of carboxylic acids is 1. The van der Waals surface area contributed by atoms with Crippen LogP contribution in [0.25, 0.3) is 0 Å². The molecule has 5 heteroatoms. The SMILES string of the molecule is C=CCN(CC(=O)O)C(=O)NCCC(C)(C)C. The van der Waals surface area contributed by atoms with E-state index in [0.717, 1.165) is 6.42 Å². The molecular weight excluding hydrogens is 220 g/mol. The van der Waals surface area contributed by atoms with E-state index in [4.69, 9.17) is 5.11 Å². The van der Waals surface area contributed by atoms with Crippen LogP contribution in [0.1, 0.15) is 27.2 Å². The largest absolute Gasteiger partial charge is 0.480 e. The first-order valence-electron chi connectivity index (χ1n) is 5.62. The van der Waals surface area contributed by atoms with Crippen molar-refractivity contribution < 1.29 is 14.7 Å². The van der Waals surface area contributed by atoms with Crippen molar-refractivity contribution in [3.05, 3.63) is 12.7 Å². The molecule has 0 aromatic rings. The summed E-state index contributed by atoms with van der Waals surface area (Å²) in [7, 11) is 0. The lowest BCUT2D eigenvalue weighted by Gasteiger charge is -2.22. The van der Waals surface area contributed by atoms with E-state index in [-0.39, 0.29) is 24.5 Å². The predicted octanol–water partition coefficient (Wildman–Crippen LogP) is 1.70. The molecule has 17 heavy (non-hydrogen) atoms. The van der Waals surface area contributed by atoms with E-state index in [0.29, 0.717) is 6.54 Å². The van der Waals surface area contributed by atoms with Gasteiger partial charge in [-0.15, -0.1) is 6.58 Å². The standard InChI is InChI=1S/C12H22N2O3/c1-5-8-14(9-10(15)16)11(17)13-7-6-12(2,3)4/h5H,1,6-9H2,2-4H3,(H,13,17)(H,15,16). The topological polar surface area (TPSA) is 69.6 Å². The molecule has 2 amide bonds. The Kier molecular flexibility index (Phi) is 6.31. The van der Waals surface area contributed by atoms with Gasteiger partial charge < -0.3 is 15.3 Å². The van der Waals surface area contributed by atoms with Crippen LogP contribution in [0.15, 0.2) is 12.7 Å². The Morgan fingerprint density at radius 1 is 1.41 bits per heavy atom. The van der Waals surface area contributed by atoms with Gasteiger partial charge in [-0.05, 0) is 11.8 Å². The summed E-state index contributed by atoms with van der Waals surface area (Å²) >= 11 is 0. The Balaban J connectivity index is 4.14. The smallest absolute Gasteiger partial charge is 0.323 e. The molecule has 0 saturated carbocycles. The number of hydrogen-bond donors (Lipinski definition) is 2. The van der Waals surface area contributed by atoms with Crippen LogP contribution in [-0.2, 0) is 4.79 Å². The maximum Gasteiger partial charge on any atom is 0.323 e. The molecular formula is C12H22N2O3. The number of nitrogens with zero attached hydrogens (tertiary/aromatic N) is 1. The fraction of sp³-hybridized carbons (Fsp3) is 0.667. The summed E-state index contributed by atoms with van der Waals surface area (Å²) in [5.74, 6) is -1.03. The first-order valence-corrected chi connectivity index (χ1v) is 5.62. The minimum absolute atomic E-state index is 0.142. The first kappa shape index (κ1) is 15.5. The summed E-state index contributed by atoms with van der Waals surface area (Å²) < 4.78 is 0. The van der Waals surface area contributed by atoms with Gasteiger partial charge in [-0.1, -0.05) is 26.8 Å². The van der Waals surface area contributed by atoms with Gasteiger partial charge in [-0.25, -0.2) is 4.79 Å². The van der Waals surface area contributed by atoms with Crippen LogP contribution < -0.4 is 5.32 Å². The molecule has 0 saturated heterocycles. The normalized spacial score (nSPS) is 10.8. The maximum absolute atomic E-state index is 11.7. The average Bonchev–Trinajstić information content (AvgIpc) is 2.14. The van der Waals surface area contributed by atoms with Gasteiger partial charge >= 0.3 is 12.0 Å². The van der Waals surface area contributed by atoms with Crippen LogP contribution in [0.3, 0.4) is 0 Å². The van der Waals surface area contributed by atoms with Crippen molar-refractivity contribution in [3.8, 4) is 0 Å². The average molecular weight is 242 g/mol. The molecule has 0 aromatic carbocycles. The predicted molar refractivity (Wildman–Crippen MR) is 66.9 cm³/mol. The second kappa shape index (κ2) is 6.93. The summed E-state index contributed by atoms with van der Waals surface area (Å²) in [5, 5.41) is 11.4. The van der Waals surface area contributed by atoms with Crippen molar-refractivity contribution in [3.63, 3.8) is 0 Å². The van der Waals surface area contributed by atoms with Gasteiger partial charge in [0.1, 0.15) is 6.54 Å². The highest BCUT2D eigenvalue weighted by Gasteiger charge is 2.16. The molecule has 0 aliphatic rings. The minimum atomic E-state index is -1.03. The number of hydrogen-bond acceptors (Lipinski definition) is 2. The highest BCUT2D eigenvalue weighted by Crippen LogP contribution is 2.16. The lowest BCUT2D eigenvalue weighted by atomic mass is 9.92. The molecule has 0 spiro atoms. The summed E-state index contributed by atoms with van der Waals surface area (Å²) in [5.41, 5.74) is 0.142. The zero-order chi connectivity index (χ0) is 13.5. The third-order valence-electron chi connectivity index (χ3n) is 2.11. The highest BCUT2D eigenvalue weighted by atomic mass is 16.4. The van der Waals surface area contributed by atoms with Crippen molar-refractivity contribution in [1.29, 1.82) is 0 Å². The highest BCUT2D eigenvalue weighted by molar-refractivity contribution is 5.80. The summed E-state index contributed by atoms with van der Waals surface area (Å²) in [4.78, 5) is 23.4. The monoisotopic (exact) mass is 242 g/mol. The maximum atomic E-state index is 11.7. The number of urea groups is 1. The van der Waals surface area contributed by atoms with Gasteiger partial charge in [-0.3, -0.25) is 4.79 Å². The van der Waals surface area contributed by atoms with Gasteiger partial charge in [0.25, 0.3) is 0 Å². The second-order valence-corrected chi connectivity index (χ2v) is 5.11. The van der Waals surface area contributed by atoms with Gasteiger partial charge in [0.05, 0.1) is 0 Å². The summed E-state index contributed by atoms with van der Waals surface area (Å²) in [6, 6.07) is -0.364. The van der Waals surface area contributed by atoms with Crippen LogP contribution in [-0.4, -0.2) is 41.6 Å². The Bertz CT molecular complexity index is 282. The van der Waals surface area contributed by atoms with E-state index in [1.807, 2.05) is 0 Å². The lowest BCUT2D eigenvalue weighted by molar-refractivity contribution is -0.137. The van der Waals surface area contributed by atoms with Crippen molar-refractivity contribution in [2.75, 3.05) is 19.6 Å². The van der Waals surface area contributed by atoms with E-state index in [9.17, 15) is 9.59 Å². The molecule has 0 aliphatic heterocycles. The van der Waals surface area contributed by atoms with Gasteiger partial charge in [0.15, 0.2) is 0 Å². The van der Waals surface area contributed by atoms with Crippen molar-refractivity contribution in [2.45, 2.75) is 27.2 Å². The molecule has 0 bridgehead atoms. The van der Waals surface area contributed by atoms with E-state index >= 15 is 0 Å². The van der Waals surface area contributed by atoms with E-state index < -0.39 is 5.97 Å². The van der Waals surface area contributed by atoms with Gasteiger partial charge in [-0.2, -0.15) is 0 Å². The van der Waals surface area contributed by atoms with Gasteiger partial charge in [0, 0.05) is 13.1 Å². The fourth-order valence-corrected chi connectivity index (χ4v) is 1.19. The molecule has 0 heterocycles. The molecule has 0 unspecified atom stereocenters. The fourth-order valence-electron chi connectivity index (χ4n) is 1.19. The third-order valence-corrected chi connectivity index (χ3v) is 2.11. The molecule has 98 valence electrons. The zero-order valence-corrected chi connectivity index (χ0v) is 10.8. The van der Waals surface area contributed by atoms with E-state index in [1.54, 1.807) is 0 Å². The van der Waals surface area contributed by atoms with Gasteiger partial charge in [0.2, 0.25) is 0 Å². The Morgan fingerprint density at radius 2 is 2.00 bits per heavy atom. The quantitative estimate of drug-likeness (QED) is 0.696. The molecule has 5 nitrogen and oxygen atoms in total. The number of nitrogens with one attached hydrogen (secondary N) is 1. The van der Waals surface area contributed by atoms with E-state index in [2.05, 4.69) is 32.7 Å². The Hall–Kier alpha value is -1.52. The Morgan fingerprint density at radius 3 is 2.41 bits per heavy atom. The molecule has 0 rings (SSSR count).